The minimum atomic E-state index is -1.22. The number of carbonyl (C=O) groups excluding carboxylic acids is 1. The number of carbonyl (C=O) groups is 1. The molecule has 2 bridgehead atoms. The second-order valence-electron chi connectivity index (χ2n) is 7.26. The number of aliphatic hydroxyl groups excluding tert-OH is 1. The molecule has 1 amide bonds. The Morgan fingerprint density at radius 2 is 2.04 bits per heavy atom. The first kappa shape index (κ1) is 16.6. The summed E-state index contributed by atoms with van der Waals surface area (Å²) >= 11 is 0. The van der Waals surface area contributed by atoms with Crippen LogP contribution in [-0.4, -0.2) is 44.0 Å². The van der Waals surface area contributed by atoms with Crippen molar-refractivity contribution in [2.45, 2.75) is 50.4 Å². The van der Waals surface area contributed by atoms with Crippen LogP contribution in [0.3, 0.4) is 0 Å². The lowest BCUT2D eigenvalue weighted by Gasteiger charge is -2.40. The van der Waals surface area contributed by atoms with Crippen molar-refractivity contribution in [3.05, 3.63) is 58.6 Å². The van der Waals surface area contributed by atoms with Crippen LogP contribution >= 0.6 is 0 Å². The van der Waals surface area contributed by atoms with Crippen LogP contribution in [-0.2, 0) is 9.47 Å². The molecule has 0 saturated carbocycles. The van der Waals surface area contributed by atoms with E-state index in [-0.39, 0.29) is 18.6 Å². The standard InChI is InChI=1S/C19H21N3O5/c1-18(2)19(3)14(23)13(26-18)16(27-19)22-10-9-12(21-17(22)25)20-15(24)11-7-5-4-6-8-11/h4-10,13-14,16,23H,1-3H3,(H,20,21,24,25)/t13-,14+,16-,19-/m1/s1/i3D. The third-order valence-electron chi connectivity index (χ3n) is 5.23. The van der Waals surface area contributed by atoms with Crippen LogP contribution in [0.25, 0.3) is 0 Å². The first-order valence-electron chi connectivity index (χ1n) is 9.28. The molecule has 2 aliphatic heterocycles. The SMILES string of the molecule is [2H]C[C@]12O[C@@H](n3ccc(NC(=O)c4ccccc4)nc3=O)[C@H](OC1(C)C)[C@@H]2O. The van der Waals surface area contributed by atoms with Gasteiger partial charge in [-0.1, -0.05) is 18.2 Å². The van der Waals surface area contributed by atoms with E-state index >= 15 is 0 Å². The molecule has 8 heteroatoms. The van der Waals surface area contributed by atoms with Crippen LogP contribution in [0.4, 0.5) is 5.82 Å². The predicted molar refractivity (Wildman–Crippen MR) is 96.4 cm³/mol. The van der Waals surface area contributed by atoms with Gasteiger partial charge in [0.2, 0.25) is 0 Å². The zero-order valence-corrected chi connectivity index (χ0v) is 15.0. The maximum absolute atomic E-state index is 12.5. The first-order valence-corrected chi connectivity index (χ1v) is 8.57. The van der Waals surface area contributed by atoms with Gasteiger partial charge in [-0.2, -0.15) is 4.98 Å². The Hall–Kier alpha value is -2.55. The number of aliphatic hydroxyl groups is 1. The van der Waals surface area contributed by atoms with Crippen LogP contribution in [0.15, 0.2) is 47.4 Å². The molecule has 27 heavy (non-hydrogen) atoms. The second-order valence-corrected chi connectivity index (χ2v) is 7.26. The molecule has 2 aromatic rings. The van der Waals surface area contributed by atoms with Crippen LogP contribution in [0.1, 0.15) is 38.7 Å². The number of anilines is 1. The number of nitrogens with zero attached hydrogens (tertiary/aromatic N) is 2. The third kappa shape index (κ3) is 2.68. The molecule has 2 aliphatic rings. The lowest BCUT2D eigenvalue weighted by molar-refractivity contribution is -0.242. The van der Waals surface area contributed by atoms with E-state index in [0.29, 0.717) is 5.56 Å². The summed E-state index contributed by atoms with van der Waals surface area (Å²) in [6, 6.07) is 10.1. The quantitative estimate of drug-likeness (QED) is 0.842. The van der Waals surface area contributed by atoms with Gasteiger partial charge in [0.1, 0.15) is 23.6 Å². The molecule has 142 valence electrons. The Morgan fingerprint density at radius 3 is 2.67 bits per heavy atom. The van der Waals surface area contributed by atoms with Crippen molar-refractivity contribution in [3.63, 3.8) is 0 Å². The number of benzene rings is 1. The fourth-order valence-corrected chi connectivity index (χ4v) is 3.50. The highest BCUT2D eigenvalue weighted by Gasteiger charge is 2.68. The summed E-state index contributed by atoms with van der Waals surface area (Å²) in [4.78, 5) is 28.6. The fourth-order valence-electron chi connectivity index (χ4n) is 3.50. The summed E-state index contributed by atoms with van der Waals surface area (Å²) in [6.07, 6.45) is -1.28. The Kier molecular flexibility index (Phi) is 3.68. The number of rotatable bonds is 3. The zero-order valence-electron chi connectivity index (χ0n) is 16.0. The average molecular weight is 372 g/mol. The molecule has 4 rings (SSSR count). The Morgan fingerprint density at radius 1 is 1.30 bits per heavy atom. The zero-order chi connectivity index (χ0) is 20.1. The summed E-state index contributed by atoms with van der Waals surface area (Å²) < 4.78 is 20.9. The van der Waals surface area contributed by atoms with E-state index in [1.54, 1.807) is 44.2 Å². The van der Waals surface area contributed by atoms with E-state index < -0.39 is 35.3 Å². The lowest BCUT2D eigenvalue weighted by atomic mass is 9.86. The smallest absolute Gasteiger partial charge is 0.351 e. The van der Waals surface area contributed by atoms with Gasteiger partial charge in [0.05, 0.1) is 5.60 Å². The van der Waals surface area contributed by atoms with Gasteiger partial charge in [0, 0.05) is 13.1 Å². The molecule has 2 fully saturated rings. The molecule has 8 nitrogen and oxygen atoms in total. The predicted octanol–water partition coefficient (Wildman–Crippen LogP) is 1.32. The van der Waals surface area contributed by atoms with E-state index in [9.17, 15) is 14.7 Å². The van der Waals surface area contributed by atoms with E-state index in [4.69, 9.17) is 10.8 Å². The number of fused-ring (bicyclic) bond motifs is 2. The normalized spacial score (nSPS) is 31.5. The Bertz CT molecular complexity index is 964. The van der Waals surface area contributed by atoms with Crippen molar-refractivity contribution >= 4 is 11.7 Å². The highest BCUT2D eigenvalue weighted by Crippen LogP contribution is 2.53. The number of hydrogen-bond acceptors (Lipinski definition) is 6. The fraction of sp³-hybridized carbons (Fsp3) is 0.421. The summed E-state index contributed by atoms with van der Waals surface area (Å²) in [5, 5.41) is 13.2. The minimum Gasteiger partial charge on any atom is -0.387 e. The number of hydrogen-bond donors (Lipinski definition) is 2. The maximum atomic E-state index is 12.5. The number of aromatic nitrogens is 2. The van der Waals surface area contributed by atoms with Gasteiger partial charge in [0.25, 0.3) is 5.91 Å². The van der Waals surface area contributed by atoms with E-state index in [0.717, 1.165) is 0 Å². The summed E-state index contributed by atoms with van der Waals surface area (Å²) in [5.41, 5.74) is -2.28. The van der Waals surface area contributed by atoms with Crippen LogP contribution < -0.4 is 11.0 Å². The maximum Gasteiger partial charge on any atom is 0.351 e. The summed E-state index contributed by atoms with van der Waals surface area (Å²) in [7, 11) is 0. The molecule has 0 spiro atoms. The van der Waals surface area contributed by atoms with Gasteiger partial charge in [-0.05, 0) is 38.9 Å². The monoisotopic (exact) mass is 372 g/mol. The molecule has 3 heterocycles. The molecule has 2 saturated heterocycles. The van der Waals surface area contributed by atoms with Crippen molar-refractivity contribution in [2.75, 3.05) is 5.32 Å². The Balaban J connectivity index is 1.57. The van der Waals surface area contributed by atoms with Crippen LogP contribution in [0.5, 0.6) is 0 Å². The Labute approximate surface area is 157 Å². The summed E-state index contributed by atoms with van der Waals surface area (Å²) in [6.45, 7) is 3.30. The van der Waals surface area contributed by atoms with E-state index in [1.165, 1.54) is 16.8 Å². The molecular weight excluding hydrogens is 350 g/mol. The van der Waals surface area contributed by atoms with Crippen molar-refractivity contribution in [1.29, 1.82) is 0 Å². The van der Waals surface area contributed by atoms with Gasteiger partial charge >= 0.3 is 5.69 Å². The van der Waals surface area contributed by atoms with Crippen LogP contribution in [0.2, 0.25) is 0 Å². The van der Waals surface area contributed by atoms with Crippen LogP contribution in [0, 0.1) is 0 Å². The molecule has 0 aliphatic carbocycles. The van der Waals surface area contributed by atoms with Crippen molar-refractivity contribution in [3.8, 4) is 0 Å². The molecule has 1 aromatic carbocycles. The molecular formula is C19H21N3O5. The highest BCUT2D eigenvalue weighted by molar-refractivity contribution is 6.03. The highest BCUT2D eigenvalue weighted by atomic mass is 16.7. The first-order chi connectivity index (χ1) is 13.3. The topological polar surface area (TPSA) is 103 Å². The third-order valence-corrected chi connectivity index (χ3v) is 5.23. The number of amides is 1. The van der Waals surface area contributed by atoms with E-state index in [1.807, 2.05) is 0 Å². The number of ether oxygens (including phenoxy) is 2. The molecule has 2 N–H and O–H groups in total. The van der Waals surface area contributed by atoms with Gasteiger partial charge < -0.3 is 19.9 Å². The molecule has 4 atom stereocenters. The largest absolute Gasteiger partial charge is 0.387 e. The summed E-state index contributed by atoms with van der Waals surface area (Å²) in [5.74, 6) is -0.273. The molecule has 1 aromatic heterocycles. The lowest BCUT2D eigenvalue weighted by Crippen LogP contribution is -2.52. The van der Waals surface area contributed by atoms with Crippen molar-refractivity contribution in [1.82, 2.24) is 9.55 Å². The van der Waals surface area contributed by atoms with Crippen molar-refractivity contribution in [2.24, 2.45) is 0 Å². The molecule has 0 radical (unpaired) electrons. The minimum absolute atomic E-state index is 0.107. The number of nitrogens with one attached hydrogen (secondary N) is 1. The van der Waals surface area contributed by atoms with Gasteiger partial charge in [-0.25, -0.2) is 4.79 Å². The van der Waals surface area contributed by atoms with Gasteiger partial charge in [0.15, 0.2) is 6.23 Å². The van der Waals surface area contributed by atoms with Gasteiger partial charge in [-0.3, -0.25) is 9.36 Å². The van der Waals surface area contributed by atoms with Crippen molar-refractivity contribution < 1.29 is 20.7 Å². The second kappa shape index (κ2) is 5.98. The average Bonchev–Trinajstić information content (AvgIpc) is 3.05. The molecule has 0 unspecified atom stereocenters. The van der Waals surface area contributed by atoms with Gasteiger partial charge in [-0.15, -0.1) is 0 Å². The van der Waals surface area contributed by atoms with E-state index in [2.05, 4.69) is 10.3 Å².